The molecule has 23 heavy (non-hydrogen) atoms. The van der Waals surface area contributed by atoms with Gasteiger partial charge in [-0.3, -0.25) is 9.69 Å². The van der Waals surface area contributed by atoms with Crippen molar-refractivity contribution in [1.29, 1.82) is 0 Å². The SMILES string of the molecule is CC(C)[C@H](C)N(C)Cc1csc(CC(=O)Nc2ccccc2)n1. The van der Waals surface area contributed by atoms with Crippen LogP contribution >= 0.6 is 11.3 Å². The van der Waals surface area contributed by atoms with E-state index in [2.05, 4.69) is 48.4 Å². The lowest BCUT2D eigenvalue weighted by Crippen LogP contribution is -2.32. The van der Waals surface area contributed by atoms with E-state index in [0.717, 1.165) is 22.9 Å². The molecule has 2 aromatic rings. The Bertz CT molecular complexity index is 624. The largest absolute Gasteiger partial charge is 0.326 e. The van der Waals surface area contributed by atoms with Crippen molar-refractivity contribution in [2.24, 2.45) is 5.92 Å². The molecule has 1 heterocycles. The van der Waals surface area contributed by atoms with E-state index in [4.69, 9.17) is 0 Å². The second-order valence-corrected chi connectivity index (χ2v) is 7.17. The number of aromatic nitrogens is 1. The molecule has 1 atom stereocenters. The first-order valence-corrected chi connectivity index (χ1v) is 8.82. The van der Waals surface area contributed by atoms with E-state index in [1.165, 1.54) is 0 Å². The summed E-state index contributed by atoms with van der Waals surface area (Å²) in [5.41, 5.74) is 1.85. The first-order valence-electron chi connectivity index (χ1n) is 7.94. The molecule has 0 saturated carbocycles. The van der Waals surface area contributed by atoms with E-state index in [0.29, 0.717) is 18.4 Å². The van der Waals surface area contributed by atoms with Gasteiger partial charge in [0.15, 0.2) is 0 Å². The smallest absolute Gasteiger partial charge is 0.231 e. The number of nitrogens with zero attached hydrogens (tertiary/aromatic N) is 2. The summed E-state index contributed by atoms with van der Waals surface area (Å²) in [6, 6.07) is 10.0. The number of para-hydroxylation sites is 1. The average molecular weight is 331 g/mol. The van der Waals surface area contributed by atoms with Crippen molar-refractivity contribution < 1.29 is 4.79 Å². The van der Waals surface area contributed by atoms with Crippen molar-refractivity contribution in [2.45, 2.75) is 39.8 Å². The number of amides is 1. The molecule has 1 aromatic carbocycles. The van der Waals surface area contributed by atoms with Crippen molar-refractivity contribution in [3.63, 3.8) is 0 Å². The van der Waals surface area contributed by atoms with Gasteiger partial charge < -0.3 is 5.32 Å². The minimum atomic E-state index is -0.0268. The maximum atomic E-state index is 12.1. The van der Waals surface area contributed by atoms with Crippen molar-refractivity contribution in [2.75, 3.05) is 12.4 Å². The van der Waals surface area contributed by atoms with E-state index in [-0.39, 0.29) is 5.91 Å². The highest BCUT2D eigenvalue weighted by Gasteiger charge is 2.15. The minimum absolute atomic E-state index is 0.0268. The summed E-state index contributed by atoms with van der Waals surface area (Å²) in [6.45, 7) is 7.49. The predicted octanol–water partition coefficient (Wildman–Crippen LogP) is 3.80. The number of rotatable bonds is 7. The van der Waals surface area contributed by atoms with Gasteiger partial charge in [-0.25, -0.2) is 4.98 Å². The summed E-state index contributed by atoms with van der Waals surface area (Å²) in [5, 5.41) is 5.80. The predicted molar refractivity (Wildman–Crippen MR) is 96.7 cm³/mol. The molecule has 0 radical (unpaired) electrons. The van der Waals surface area contributed by atoms with Crippen LogP contribution in [0.15, 0.2) is 35.7 Å². The normalized spacial score (nSPS) is 12.6. The Morgan fingerprint density at radius 1 is 1.26 bits per heavy atom. The highest BCUT2D eigenvalue weighted by Crippen LogP contribution is 2.16. The van der Waals surface area contributed by atoms with Crippen LogP contribution in [0.1, 0.15) is 31.5 Å². The molecule has 1 amide bonds. The Balaban J connectivity index is 1.88. The highest BCUT2D eigenvalue weighted by atomic mass is 32.1. The third-order valence-corrected chi connectivity index (χ3v) is 4.94. The molecule has 1 N–H and O–H groups in total. The maximum absolute atomic E-state index is 12.1. The first-order chi connectivity index (χ1) is 11.0. The molecule has 0 unspecified atom stereocenters. The molecule has 0 aliphatic heterocycles. The van der Waals surface area contributed by atoms with Gasteiger partial charge in [0.1, 0.15) is 5.01 Å². The number of carbonyl (C=O) groups is 1. The van der Waals surface area contributed by atoms with Crippen molar-refractivity contribution >= 4 is 22.9 Å². The van der Waals surface area contributed by atoms with E-state index in [1.807, 2.05) is 30.3 Å². The lowest BCUT2D eigenvalue weighted by Gasteiger charge is -2.26. The van der Waals surface area contributed by atoms with E-state index >= 15 is 0 Å². The molecule has 4 nitrogen and oxygen atoms in total. The molecule has 0 fully saturated rings. The van der Waals surface area contributed by atoms with Gasteiger partial charge in [0.25, 0.3) is 0 Å². The molecule has 0 spiro atoms. The van der Waals surface area contributed by atoms with E-state index in [1.54, 1.807) is 11.3 Å². The fraction of sp³-hybridized carbons (Fsp3) is 0.444. The van der Waals surface area contributed by atoms with Crippen molar-refractivity contribution in [3.8, 4) is 0 Å². The Morgan fingerprint density at radius 2 is 1.96 bits per heavy atom. The number of carbonyl (C=O) groups excluding carboxylic acids is 1. The van der Waals surface area contributed by atoms with Crippen LogP contribution < -0.4 is 5.32 Å². The molecule has 0 saturated heterocycles. The molecule has 0 aliphatic rings. The fourth-order valence-corrected chi connectivity index (χ4v) is 3.06. The summed E-state index contributed by atoms with van der Waals surface area (Å²) >= 11 is 1.55. The van der Waals surface area contributed by atoms with Crippen LogP contribution in [0.25, 0.3) is 0 Å². The summed E-state index contributed by atoms with van der Waals surface area (Å²) in [4.78, 5) is 18.9. The molecule has 0 bridgehead atoms. The number of hydrogen-bond acceptors (Lipinski definition) is 4. The Hall–Kier alpha value is -1.72. The third kappa shape index (κ3) is 5.44. The average Bonchev–Trinajstić information content (AvgIpc) is 2.94. The number of nitrogens with one attached hydrogen (secondary N) is 1. The molecule has 5 heteroatoms. The molecule has 1 aromatic heterocycles. The van der Waals surface area contributed by atoms with Gasteiger partial charge in [-0.1, -0.05) is 32.0 Å². The van der Waals surface area contributed by atoms with E-state index < -0.39 is 0 Å². The number of benzene rings is 1. The van der Waals surface area contributed by atoms with Crippen LogP contribution in [0.2, 0.25) is 0 Å². The van der Waals surface area contributed by atoms with Crippen molar-refractivity contribution in [1.82, 2.24) is 9.88 Å². The topological polar surface area (TPSA) is 45.2 Å². The molecular weight excluding hydrogens is 306 g/mol. The number of thiazole rings is 1. The summed E-state index contributed by atoms with van der Waals surface area (Å²) in [5.74, 6) is 0.579. The zero-order chi connectivity index (χ0) is 16.8. The monoisotopic (exact) mass is 331 g/mol. The number of anilines is 1. The van der Waals surface area contributed by atoms with Gasteiger partial charge in [-0.05, 0) is 32.0 Å². The van der Waals surface area contributed by atoms with Crippen LogP contribution in [0, 0.1) is 5.92 Å². The molecule has 0 aliphatic carbocycles. The van der Waals surface area contributed by atoms with E-state index in [9.17, 15) is 4.79 Å². The van der Waals surface area contributed by atoms with Crippen LogP contribution in [0.3, 0.4) is 0 Å². The van der Waals surface area contributed by atoms with Crippen LogP contribution in [0.5, 0.6) is 0 Å². The van der Waals surface area contributed by atoms with Crippen LogP contribution in [-0.4, -0.2) is 28.9 Å². The second-order valence-electron chi connectivity index (χ2n) is 6.22. The van der Waals surface area contributed by atoms with Crippen LogP contribution in [-0.2, 0) is 17.8 Å². The summed E-state index contributed by atoms with van der Waals surface area (Å²) < 4.78 is 0. The first kappa shape index (κ1) is 17.6. The summed E-state index contributed by atoms with van der Waals surface area (Å²) in [6.07, 6.45) is 0.322. The maximum Gasteiger partial charge on any atom is 0.231 e. The Morgan fingerprint density at radius 3 is 2.61 bits per heavy atom. The molecule has 124 valence electrons. The zero-order valence-corrected chi connectivity index (χ0v) is 15.1. The third-order valence-electron chi connectivity index (χ3n) is 4.04. The molecular formula is C18H25N3OS. The quantitative estimate of drug-likeness (QED) is 0.839. The highest BCUT2D eigenvalue weighted by molar-refractivity contribution is 7.09. The molecule has 2 rings (SSSR count). The van der Waals surface area contributed by atoms with Gasteiger partial charge in [0.2, 0.25) is 5.91 Å². The van der Waals surface area contributed by atoms with Crippen LogP contribution in [0.4, 0.5) is 5.69 Å². The van der Waals surface area contributed by atoms with Gasteiger partial charge >= 0.3 is 0 Å². The lowest BCUT2D eigenvalue weighted by molar-refractivity contribution is -0.115. The Kier molecular flexibility index (Phi) is 6.30. The van der Waals surface area contributed by atoms with Gasteiger partial charge in [-0.2, -0.15) is 0 Å². The number of hydrogen-bond donors (Lipinski definition) is 1. The summed E-state index contributed by atoms with van der Waals surface area (Å²) in [7, 11) is 2.12. The Labute approximate surface area is 142 Å². The van der Waals surface area contributed by atoms with Gasteiger partial charge in [0, 0.05) is 23.7 Å². The standard InChI is InChI=1S/C18H25N3OS/c1-13(2)14(3)21(4)11-16-12-23-18(20-16)10-17(22)19-15-8-6-5-7-9-15/h5-9,12-14H,10-11H2,1-4H3,(H,19,22)/t14-/m0/s1. The van der Waals surface area contributed by atoms with Gasteiger partial charge in [-0.15, -0.1) is 11.3 Å². The van der Waals surface area contributed by atoms with Gasteiger partial charge in [0.05, 0.1) is 12.1 Å². The zero-order valence-electron chi connectivity index (χ0n) is 14.2. The minimum Gasteiger partial charge on any atom is -0.326 e. The fourth-order valence-electron chi connectivity index (χ4n) is 2.28. The van der Waals surface area contributed by atoms with Crippen molar-refractivity contribution in [3.05, 3.63) is 46.4 Å². The second kappa shape index (κ2) is 8.22. The lowest BCUT2D eigenvalue weighted by atomic mass is 10.1.